The number of hydrogen-bond acceptors (Lipinski definition) is 5. The molecule has 0 aliphatic rings. The Kier molecular flexibility index (Phi) is 5.20. The monoisotopic (exact) mass is 388 g/mol. The Morgan fingerprint density at radius 2 is 1.90 bits per heavy atom. The quantitative estimate of drug-likeness (QED) is 0.507. The van der Waals surface area contributed by atoms with Crippen LogP contribution < -0.4 is 5.56 Å². The summed E-state index contributed by atoms with van der Waals surface area (Å²) in [5, 5.41) is 5.70. The van der Waals surface area contributed by atoms with Gasteiger partial charge in [0.25, 0.3) is 5.56 Å². The highest BCUT2D eigenvalue weighted by Crippen LogP contribution is 2.13. The van der Waals surface area contributed by atoms with E-state index in [9.17, 15) is 9.59 Å². The van der Waals surface area contributed by atoms with Crippen molar-refractivity contribution in [2.75, 3.05) is 0 Å². The van der Waals surface area contributed by atoms with Gasteiger partial charge in [-0.3, -0.25) is 14.6 Å². The van der Waals surface area contributed by atoms with Gasteiger partial charge in [0.1, 0.15) is 12.3 Å². The Morgan fingerprint density at radius 3 is 2.62 bits per heavy atom. The molecule has 0 N–H and O–H groups in total. The molecule has 0 spiro atoms. The fraction of sp³-hybridized carbons (Fsp3) is 0.182. The molecule has 0 aliphatic heterocycles. The van der Waals surface area contributed by atoms with Gasteiger partial charge in [-0.05, 0) is 36.8 Å². The third kappa shape index (κ3) is 4.08. The van der Waals surface area contributed by atoms with Gasteiger partial charge in [0, 0.05) is 24.3 Å². The van der Waals surface area contributed by atoms with Crippen LogP contribution in [0, 0.1) is 6.92 Å². The van der Waals surface area contributed by atoms with Crippen LogP contribution in [0.15, 0.2) is 76.4 Å². The fourth-order valence-electron chi connectivity index (χ4n) is 3.27. The van der Waals surface area contributed by atoms with E-state index in [0.29, 0.717) is 29.9 Å². The molecule has 0 fully saturated rings. The van der Waals surface area contributed by atoms with E-state index in [2.05, 4.69) is 10.1 Å². The zero-order chi connectivity index (χ0) is 20.2. The van der Waals surface area contributed by atoms with Crippen molar-refractivity contribution in [1.82, 2.24) is 19.7 Å². The molecule has 0 saturated carbocycles. The number of furan rings is 1. The Hall–Kier alpha value is -3.74. The fourth-order valence-corrected chi connectivity index (χ4v) is 3.27. The third-order valence-corrected chi connectivity index (χ3v) is 4.71. The highest BCUT2D eigenvalue weighted by atomic mass is 16.3. The summed E-state index contributed by atoms with van der Waals surface area (Å²) in [6.45, 7) is 2.33. The molecule has 7 heteroatoms. The lowest BCUT2D eigenvalue weighted by molar-refractivity contribution is -0.133. The predicted octanol–water partition coefficient (Wildman–Crippen LogP) is 2.92. The molecule has 0 unspecified atom stereocenters. The van der Waals surface area contributed by atoms with E-state index in [1.807, 2.05) is 37.3 Å². The molecule has 0 radical (unpaired) electrons. The molecule has 4 aromatic rings. The molecule has 3 aromatic heterocycles. The minimum atomic E-state index is -0.279. The SMILES string of the molecule is Cc1nn(CC(=O)N(Cc2cccnc2)Cc2ccco2)c(=O)c2ccccc12. The van der Waals surface area contributed by atoms with Crippen LogP contribution in [0.5, 0.6) is 0 Å². The van der Waals surface area contributed by atoms with Crippen LogP contribution in [0.3, 0.4) is 0 Å². The van der Waals surface area contributed by atoms with Crippen molar-refractivity contribution in [3.63, 3.8) is 0 Å². The Balaban J connectivity index is 1.63. The molecule has 1 amide bonds. The summed E-state index contributed by atoms with van der Waals surface area (Å²) in [5.74, 6) is 0.437. The molecular weight excluding hydrogens is 368 g/mol. The number of carbonyl (C=O) groups excluding carboxylic acids is 1. The molecule has 0 atom stereocenters. The molecule has 7 nitrogen and oxygen atoms in total. The van der Waals surface area contributed by atoms with Crippen LogP contribution in [0.2, 0.25) is 0 Å². The maximum Gasteiger partial charge on any atom is 0.275 e. The van der Waals surface area contributed by atoms with Crippen LogP contribution in [-0.2, 0) is 24.4 Å². The number of pyridine rings is 1. The van der Waals surface area contributed by atoms with E-state index in [1.54, 1.807) is 41.8 Å². The van der Waals surface area contributed by atoms with Crippen molar-refractivity contribution in [3.05, 3.63) is 94.6 Å². The number of aromatic nitrogens is 3. The molecule has 4 rings (SSSR count). The van der Waals surface area contributed by atoms with Crippen LogP contribution >= 0.6 is 0 Å². The molecule has 0 bridgehead atoms. The molecule has 1 aromatic carbocycles. The summed E-state index contributed by atoms with van der Waals surface area (Å²) < 4.78 is 6.64. The lowest BCUT2D eigenvalue weighted by Crippen LogP contribution is -2.37. The third-order valence-electron chi connectivity index (χ3n) is 4.71. The highest BCUT2D eigenvalue weighted by molar-refractivity contribution is 5.83. The Bertz CT molecular complexity index is 1180. The number of amides is 1. The van der Waals surface area contributed by atoms with Crippen LogP contribution in [0.1, 0.15) is 17.0 Å². The largest absolute Gasteiger partial charge is 0.467 e. The number of hydrogen-bond donors (Lipinski definition) is 0. The minimum Gasteiger partial charge on any atom is -0.467 e. The maximum atomic E-state index is 13.1. The van der Waals surface area contributed by atoms with Crippen molar-refractivity contribution in [2.45, 2.75) is 26.6 Å². The van der Waals surface area contributed by atoms with E-state index in [1.165, 1.54) is 4.68 Å². The van der Waals surface area contributed by atoms with Gasteiger partial charge in [-0.2, -0.15) is 5.10 Å². The molecular formula is C22H20N4O3. The van der Waals surface area contributed by atoms with Crippen molar-refractivity contribution >= 4 is 16.7 Å². The topological polar surface area (TPSA) is 81.2 Å². The van der Waals surface area contributed by atoms with Crippen molar-refractivity contribution in [1.29, 1.82) is 0 Å². The van der Waals surface area contributed by atoms with Crippen LogP contribution in [0.4, 0.5) is 0 Å². The van der Waals surface area contributed by atoms with Gasteiger partial charge in [-0.15, -0.1) is 0 Å². The van der Waals surface area contributed by atoms with Crippen LogP contribution in [0.25, 0.3) is 10.8 Å². The van der Waals surface area contributed by atoms with E-state index in [4.69, 9.17) is 4.42 Å². The first-order chi connectivity index (χ1) is 14.1. The zero-order valence-electron chi connectivity index (χ0n) is 16.0. The van der Waals surface area contributed by atoms with Gasteiger partial charge in [0.05, 0.1) is 23.9 Å². The van der Waals surface area contributed by atoms with Crippen molar-refractivity contribution in [3.8, 4) is 0 Å². The number of aryl methyl sites for hydroxylation is 1. The first kappa shape index (κ1) is 18.6. The average Bonchev–Trinajstić information content (AvgIpc) is 3.25. The molecule has 146 valence electrons. The smallest absolute Gasteiger partial charge is 0.275 e. The number of carbonyl (C=O) groups is 1. The molecule has 3 heterocycles. The summed E-state index contributed by atoms with van der Waals surface area (Å²) in [6, 6.07) is 14.6. The number of rotatable bonds is 6. The Labute approximate surface area is 167 Å². The molecule has 0 aliphatic carbocycles. The van der Waals surface area contributed by atoms with Gasteiger partial charge in [0.2, 0.25) is 5.91 Å². The second kappa shape index (κ2) is 8.10. The second-order valence-electron chi connectivity index (χ2n) is 6.78. The summed E-state index contributed by atoms with van der Waals surface area (Å²) in [6.07, 6.45) is 4.97. The van der Waals surface area contributed by atoms with Crippen molar-refractivity contribution in [2.24, 2.45) is 0 Å². The summed E-state index contributed by atoms with van der Waals surface area (Å²) in [5.41, 5.74) is 1.32. The van der Waals surface area contributed by atoms with Crippen LogP contribution in [-0.4, -0.2) is 25.6 Å². The van der Waals surface area contributed by atoms with E-state index in [-0.39, 0.29) is 18.0 Å². The van der Waals surface area contributed by atoms with Crippen molar-refractivity contribution < 1.29 is 9.21 Å². The normalized spacial score (nSPS) is 10.9. The molecule has 29 heavy (non-hydrogen) atoms. The van der Waals surface area contributed by atoms with Gasteiger partial charge in [-0.25, -0.2) is 4.68 Å². The van der Waals surface area contributed by atoms with Gasteiger partial charge >= 0.3 is 0 Å². The second-order valence-corrected chi connectivity index (χ2v) is 6.78. The number of nitrogens with zero attached hydrogens (tertiary/aromatic N) is 4. The predicted molar refractivity (Wildman–Crippen MR) is 108 cm³/mol. The minimum absolute atomic E-state index is 0.147. The van der Waals surface area contributed by atoms with E-state index >= 15 is 0 Å². The average molecular weight is 388 g/mol. The summed E-state index contributed by atoms with van der Waals surface area (Å²) in [7, 11) is 0. The lowest BCUT2D eigenvalue weighted by atomic mass is 10.1. The highest BCUT2D eigenvalue weighted by Gasteiger charge is 2.19. The maximum absolute atomic E-state index is 13.1. The standard InChI is InChI=1S/C22H20N4O3/c1-16-19-8-2-3-9-20(19)22(28)26(24-16)15-21(27)25(14-18-7-5-11-29-18)13-17-6-4-10-23-12-17/h2-12H,13-15H2,1H3. The summed E-state index contributed by atoms with van der Waals surface area (Å²) in [4.78, 5) is 31.7. The first-order valence-corrected chi connectivity index (χ1v) is 9.27. The number of fused-ring (bicyclic) bond motifs is 1. The lowest BCUT2D eigenvalue weighted by Gasteiger charge is -2.22. The Morgan fingerprint density at radius 1 is 1.07 bits per heavy atom. The van der Waals surface area contributed by atoms with Gasteiger partial charge < -0.3 is 9.32 Å². The number of benzene rings is 1. The summed E-state index contributed by atoms with van der Waals surface area (Å²) >= 11 is 0. The zero-order valence-corrected chi connectivity index (χ0v) is 16.0. The van der Waals surface area contributed by atoms with E-state index < -0.39 is 0 Å². The molecule has 0 saturated heterocycles. The van der Waals surface area contributed by atoms with E-state index in [0.717, 1.165) is 10.9 Å². The van der Waals surface area contributed by atoms with Gasteiger partial charge in [0.15, 0.2) is 0 Å². The first-order valence-electron chi connectivity index (χ1n) is 9.27. The van der Waals surface area contributed by atoms with Gasteiger partial charge in [-0.1, -0.05) is 24.3 Å².